The van der Waals surface area contributed by atoms with Gasteiger partial charge in [-0.1, -0.05) is 12.1 Å². The first-order valence-electron chi connectivity index (χ1n) is 5.42. The third-order valence-electron chi connectivity index (χ3n) is 2.72. The van der Waals surface area contributed by atoms with Gasteiger partial charge in [0.25, 0.3) is 0 Å². The molecule has 5 nitrogen and oxygen atoms in total. The Morgan fingerprint density at radius 2 is 2.11 bits per heavy atom. The Morgan fingerprint density at radius 3 is 2.79 bits per heavy atom. The molecule has 2 aromatic heterocycles. The molecule has 2 heterocycles. The number of tetrazole rings is 1. The van der Waals surface area contributed by atoms with Gasteiger partial charge in [-0.25, -0.2) is 0 Å². The highest BCUT2D eigenvalue weighted by atomic mass is 19.4. The minimum absolute atomic E-state index is 0.0742. The standard InChI is InChI=1S/C11H8F3N5/c12-11(13,14)9-3-1-2-7-4-8(17-10(7)9)5-19-16-6-15-18-19/h1-4,6,17H,5H2. The van der Waals surface area contributed by atoms with E-state index in [1.54, 1.807) is 12.1 Å². The number of hydrogen-bond acceptors (Lipinski definition) is 3. The summed E-state index contributed by atoms with van der Waals surface area (Å²) < 4.78 is 38.5. The van der Waals surface area contributed by atoms with Crippen LogP contribution in [0.5, 0.6) is 0 Å². The van der Waals surface area contributed by atoms with Crippen LogP contribution >= 0.6 is 0 Å². The van der Waals surface area contributed by atoms with Crippen LogP contribution in [0.25, 0.3) is 10.9 Å². The second-order valence-corrected chi connectivity index (χ2v) is 4.03. The summed E-state index contributed by atoms with van der Waals surface area (Å²) in [6.45, 7) is 0.242. The molecule has 0 aliphatic rings. The number of halogens is 3. The monoisotopic (exact) mass is 267 g/mol. The van der Waals surface area contributed by atoms with E-state index < -0.39 is 11.7 Å². The number of fused-ring (bicyclic) bond motifs is 1. The van der Waals surface area contributed by atoms with Crippen molar-refractivity contribution in [1.82, 2.24) is 25.2 Å². The molecule has 0 saturated carbocycles. The molecule has 0 fully saturated rings. The lowest BCUT2D eigenvalue weighted by Crippen LogP contribution is -2.06. The van der Waals surface area contributed by atoms with Crippen LogP contribution in [0.4, 0.5) is 13.2 Å². The zero-order valence-corrected chi connectivity index (χ0v) is 9.52. The van der Waals surface area contributed by atoms with E-state index in [2.05, 4.69) is 20.4 Å². The van der Waals surface area contributed by atoms with Crippen molar-refractivity contribution in [2.75, 3.05) is 0 Å². The lowest BCUT2D eigenvalue weighted by atomic mass is 10.1. The lowest BCUT2D eigenvalue weighted by molar-refractivity contribution is -0.136. The average Bonchev–Trinajstić information content (AvgIpc) is 2.95. The highest BCUT2D eigenvalue weighted by molar-refractivity contribution is 5.84. The van der Waals surface area contributed by atoms with Crippen LogP contribution in [0.2, 0.25) is 0 Å². The molecule has 0 aliphatic carbocycles. The maximum Gasteiger partial charge on any atom is 0.418 e. The smallest absolute Gasteiger partial charge is 0.356 e. The molecule has 0 spiro atoms. The first-order valence-corrected chi connectivity index (χ1v) is 5.42. The van der Waals surface area contributed by atoms with Gasteiger partial charge < -0.3 is 4.98 Å². The molecule has 8 heteroatoms. The summed E-state index contributed by atoms with van der Waals surface area (Å²) in [4.78, 5) is 4.05. The van der Waals surface area contributed by atoms with E-state index in [1.165, 1.54) is 17.2 Å². The molecule has 0 saturated heterocycles. The summed E-state index contributed by atoms with van der Waals surface area (Å²) in [7, 11) is 0. The first-order chi connectivity index (χ1) is 9.04. The van der Waals surface area contributed by atoms with Gasteiger partial charge in [0.1, 0.15) is 6.54 Å². The predicted molar refractivity (Wildman–Crippen MR) is 60.2 cm³/mol. The molecule has 0 unspecified atom stereocenters. The van der Waals surface area contributed by atoms with Crippen molar-refractivity contribution in [3.63, 3.8) is 0 Å². The van der Waals surface area contributed by atoms with Crippen LogP contribution in [0, 0.1) is 0 Å². The molecule has 98 valence electrons. The van der Waals surface area contributed by atoms with Gasteiger partial charge in [0.2, 0.25) is 0 Å². The van der Waals surface area contributed by atoms with Crippen molar-refractivity contribution in [2.45, 2.75) is 12.7 Å². The van der Waals surface area contributed by atoms with Gasteiger partial charge in [-0.15, -0.1) is 10.2 Å². The first kappa shape index (κ1) is 11.7. The molecule has 0 bridgehead atoms. The van der Waals surface area contributed by atoms with Crippen LogP contribution in [0.1, 0.15) is 11.3 Å². The minimum atomic E-state index is -4.38. The van der Waals surface area contributed by atoms with E-state index in [1.807, 2.05) is 0 Å². The molecule has 0 aliphatic heterocycles. The van der Waals surface area contributed by atoms with Gasteiger partial charge in [0.05, 0.1) is 11.1 Å². The summed E-state index contributed by atoms with van der Waals surface area (Å²) in [6.07, 6.45) is -3.11. The SMILES string of the molecule is FC(F)(F)c1cccc2cc(Cn3ncnn3)[nH]c12. The number of nitrogens with zero attached hydrogens (tertiary/aromatic N) is 4. The van der Waals surface area contributed by atoms with Crippen LogP contribution in [0.3, 0.4) is 0 Å². The Hall–Kier alpha value is -2.38. The molecule has 1 N–H and O–H groups in total. The maximum atomic E-state index is 12.8. The molecule has 3 aromatic rings. The molecule has 1 aromatic carbocycles. The van der Waals surface area contributed by atoms with Gasteiger partial charge >= 0.3 is 6.18 Å². The van der Waals surface area contributed by atoms with Crippen molar-refractivity contribution < 1.29 is 13.2 Å². The number of hydrogen-bond donors (Lipinski definition) is 1. The maximum absolute atomic E-state index is 12.8. The second kappa shape index (κ2) is 4.08. The Kier molecular flexibility index (Phi) is 2.51. The fraction of sp³-hybridized carbons (Fsp3) is 0.182. The highest BCUT2D eigenvalue weighted by Gasteiger charge is 2.33. The zero-order chi connectivity index (χ0) is 13.5. The quantitative estimate of drug-likeness (QED) is 0.774. The molecule has 0 radical (unpaired) electrons. The molecule has 19 heavy (non-hydrogen) atoms. The van der Waals surface area contributed by atoms with Crippen molar-refractivity contribution >= 4 is 10.9 Å². The van der Waals surface area contributed by atoms with Crippen LogP contribution in [-0.4, -0.2) is 25.2 Å². The van der Waals surface area contributed by atoms with Gasteiger partial charge in [0.15, 0.2) is 6.33 Å². The normalized spacial score (nSPS) is 12.2. The zero-order valence-electron chi connectivity index (χ0n) is 9.52. The van der Waals surface area contributed by atoms with Crippen molar-refractivity contribution in [3.8, 4) is 0 Å². The highest BCUT2D eigenvalue weighted by Crippen LogP contribution is 2.34. The van der Waals surface area contributed by atoms with Crippen LogP contribution in [0.15, 0.2) is 30.6 Å². The molecule has 0 amide bonds. The van der Waals surface area contributed by atoms with Gasteiger partial charge in [-0.2, -0.15) is 18.0 Å². The van der Waals surface area contributed by atoms with Gasteiger partial charge in [-0.05, 0) is 17.3 Å². The molecular weight excluding hydrogens is 259 g/mol. The number of aromatic amines is 1. The van der Waals surface area contributed by atoms with E-state index >= 15 is 0 Å². The number of alkyl halides is 3. The van der Waals surface area contributed by atoms with Gasteiger partial charge in [0, 0.05) is 11.1 Å². The summed E-state index contributed by atoms with van der Waals surface area (Å²) in [5.41, 5.74) is -0.0161. The molecule has 3 rings (SSSR count). The number of para-hydroxylation sites is 1. The summed E-state index contributed by atoms with van der Waals surface area (Å²) in [5.74, 6) is 0. The Labute approximate surface area is 105 Å². The van der Waals surface area contributed by atoms with Crippen molar-refractivity contribution in [2.24, 2.45) is 0 Å². The van der Waals surface area contributed by atoms with E-state index in [-0.39, 0.29) is 12.1 Å². The topological polar surface area (TPSA) is 59.4 Å². The van der Waals surface area contributed by atoms with E-state index in [0.29, 0.717) is 11.1 Å². The minimum Gasteiger partial charge on any atom is -0.356 e. The van der Waals surface area contributed by atoms with E-state index in [9.17, 15) is 13.2 Å². The Morgan fingerprint density at radius 1 is 1.26 bits per heavy atom. The van der Waals surface area contributed by atoms with E-state index in [0.717, 1.165) is 6.07 Å². The van der Waals surface area contributed by atoms with Crippen LogP contribution in [-0.2, 0) is 12.7 Å². The fourth-order valence-electron chi connectivity index (χ4n) is 1.95. The van der Waals surface area contributed by atoms with Gasteiger partial charge in [-0.3, -0.25) is 0 Å². The largest absolute Gasteiger partial charge is 0.418 e. The molecule has 0 atom stereocenters. The number of aromatic nitrogens is 5. The fourth-order valence-corrected chi connectivity index (χ4v) is 1.95. The molecular formula is C11H8F3N5. The summed E-state index contributed by atoms with van der Waals surface area (Å²) in [5, 5.41) is 11.5. The second-order valence-electron chi connectivity index (χ2n) is 4.03. The number of H-pyrrole nitrogens is 1. The Balaban J connectivity index is 2.06. The third kappa shape index (κ3) is 2.16. The average molecular weight is 267 g/mol. The predicted octanol–water partition coefficient (Wildman–Crippen LogP) is 2.22. The number of nitrogens with one attached hydrogen (secondary N) is 1. The lowest BCUT2D eigenvalue weighted by Gasteiger charge is -2.07. The summed E-state index contributed by atoms with van der Waals surface area (Å²) in [6, 6.07) is 5.71. The Bertz CT molecular complexity index is 699. The number of benzene rings is 1. The third-order valence-corrected chi connectivity index (χ3v) is 2.72. The van der Waals surface area contributed by atoms with E-state index in [4.69, 9.17) is 0 Å². The number of rotatable bonds is 2. The summed E-state index contributed by atoms with van der Waals surface area (Å²) >= 11 is 0. The van der Waals surface area contributed by atoms with Crippen molar-refractivity contribution in [1.29, 1.82) is 0 Å². The van der Waals surface area contributed by atoms with Crippen LogP contribution < -0.4 is 0 Å². The van der Waals surface area contributed by atoms with Crippen molar-refractivity contribution in [3.05, 3.63) is 41.9 Å².